The molecule has 3 aromatic rings. The van der Waals surface area contributed by atoms with Gasteiger partial charge in [-0.15, -0.1) is 0 Å². The van der Waals surface area contributed by atoms with E-state index in [-0.39, 0.29) is 21.2 Å². The van der Waals surface area contributed by atoms with Crippen LogP contribution in [0.2, 0.25) is 10.0 Å². The van der Waals surface area contributed by atoms with Crippen LogP contribution in [0.5, 0.6) is 0 Å². The monoisotopic (exact) mass is 441 g/mol. The molecule has 0 radical (unpaired) electrons. The van der Waals surface area contributed by atoms with Crippen molar-refractivity contribution in [3.63, 3.8) is 0 Å². The highest BCUT2D eigenvalue weighted by Crippen LogP contribution is 2.38. The van der Waals surface area contributed by atoms with Gasteiger partial charge in [-0.3, -0.25) is 14.9 Å². The molecule has 2 aromatic carbocycles. The predicted molar refractivity (Wildman–Crippen MR) is 99.8 cm³/mol. The number of aromatic nitrogens is 2. The van der Waals surface area contributed by atoms with E-state index in [1.54, 1.807) is 29.7 Å². The third-order valence-electron chi connectivity index (χ3n) is 3.81. The number of fused-ring (bicyclic) bond motifs is 1. The van der Waals surface area contributed by atoms with Gasteiger partial charge < -0.3 is 4.57 Å². The zero-order valence-electron chi connectivity index (χ0n) is 12.8. The maximum absolute atomic E-state index is 11.4. The van der Waals surface area contributed by atoms with Crippen molar-refractivity contribution in [2.24, 2.45) is 0 Å². The number of rotatable bonds is 4. The Labute approximate surface area is 160 Å². The van der Waals surface area contributed by atoms with Crippen LogP contribution in [0.15, 0.2) is 28.7 Å². The number of carbonyl (C=O) groups is 1. The molecule has 0 aliphatic rings. The highest BCUT2D eigenvalue weighted by atomic mass is 79.9. The Kier molecular flexibility index (Phi) is 4.81. The van der Waals surface area contributed by atoms with E-state index in [0.29, 0.717) is 27.9 Å². The Morgan fingerprint density at radius 3 is 2.72 bits per heavy atom. The topological polar surface area (TPSA) is 78.0 Å². The molecular weight excluding hydrogens is 433 g/mol. The van der Waals surface area contributed by atoms with E-state index in [0.717, 1.165) is 11.8 Å². The third kappa shape index (κ3) is 3.15. The number of hydrogen-bond acceptors (Lipinski definition) is 4. The van der Waals surface area contributed by atoms with E-state index < -0.39 is 4.92 Å². The van der Waals surface area contributed by atoms with Gasteiger partial charge in [-0.05, 0) is 30.7 Å². The number of nitrogens with zero attached hydrogens (tertiary/aromatic N) is 3. The van der Waals surface area contributed by atoms with Gasteiger partial charge in [0.15, 0.2) is 11.8 Å². The van der Waals surface area contributed by atoms with Crippen LogP contribution in [-0.2, 0) is 6.54 Å². The van der Waals surface area contributed by atoms with Gasteiger partial charge in [0.1, 0.15) is 10.8 Å². The zero-order valence-corrected chi connectivity index (χ0v) is 15.9. The molecule has 9 heteroatoms. The van der Waals surface area contributed by atoms with Gasteiger partial charge in [0.2, 0.25) is 0 Å². The summed E-state index contributed by atoms with van der Waals surface area (Å²) in [5.41, 5.74) is 1.75. The lowest BCUT2D eigenvalue weighted by atomic mass is 10.1. The molecule has 0 aliphatic heterocycles. The van der Waals surface area contributed by atoms with Gasteiger partial charge in [-0.25, -0.2) is 4.98 Å². The van der Waals surface area contributed by atoms with E-state index in [1.807, 2.05) is 6.07 Å². The summed E-state index contributed by atoms with van der Waals surface area (Å²) >= 11 is 15.3. The van der Waals surface area contributed by atoms with Gasteiger partial charge in [0.05, 0.1) is 15.5 Å². The van der Waals surface area contributed by atoms with E-state index in [1.165, 1.54) is 0 Å². The van der Waals surface area contributed by atoms with E-state index in [2.05, 4.69) is 20.9 Å². The first-order chi connectivity index (χ1) is 11.8. The number of aryl methyl sites for hydroxylation is 1. The molecule has 0 fully saturated rings. The van der Waals surface area contributed by atoms with Crippen molar-refractivity contribution in [1.82, 2.24) is 9.55 Å². The minimum Gasteiger partial charge on any atom is -0.323 e. The van der Waals surface area contributed by atoms with Gasteiger partial charge in [-0.1, -0.05) is 45.2 Å². The number of carbonyl (C=O) groups excluding carboxylic acids is 1. The molecule has 0 bridgehead atoms. The molecule has 0 N–H and O–H groups in total. The summed E-state index contributed by atoms with van der Waals surface area (Å²) in [5, 5.41) is 11.3. The van der Waals surface area contributed by atoms with Crippen LogP contribution < -0.4 is 0 Å². The molecule has 128 valence electrons. The lowest BCUT2D eigenvalue weighted by molar-refractivity contribution is -0.383. The summed E-state index contributed by atoms with van der Waals surface area (Å²) < 4.78 is 2.49. The second-order valence-corrected chi connectivity index (χ2v) is 7.00. The average Bonchev–Trinajstić information content (AvgIpc) is 2.85. The van der Waals surface area contributed by atoms with Crippen LogP contribution in [-0.4, -0.2) is 20.8 Å². The standard InChI is InChI=1S/C16H10BrCl2N3O3/c1-8-20-15-13(5-12(18)14(19)16(15)22(24)25)21(8)6-9-2-3-11(17)10(4-9)7-23/h2-5,7H,6H2,1H3. The predicted octanol–water partition coefficient (Wildman–Crippen LogP) is 5.18. The molecule has 0 saturated carbocycles. The summed E-state index contributed by atoms with van der Waals surface area (Å²) in [6.45, 7) is 2.12. The summed E-state index contributed by atoms with van der Waals surface area (Å²) in [4.78, 5) is 26.2. The minimum atomic E-state index is -0.586. The number of halogens is 3. The Morgan fingerprint density at radius 1 is 1.36 bits per heavy atom. The average molecular weight is 443 g/mol. The van der Waals surface area contributed by atoms with E-state index >= 15 is 0 Å². The maximum Gasteiger partial charge on any atom is 0.317 e. The Balaban J connectivity index is 2.19. The smallest absolute Gasteiger partial charge is 0.317 e. The molecule has 1 aromatic heterocycles. The van der Waals surface area contributed by atoms with Crippen molar-refractivity contribution in [3.05, 3.63) is 65.8 Å². The van der Waals surface area contributed by atoms with Crippen molar-refractivity contribution >= 4 is 62.1 Å². The molecule has 0 aliphatic carbocycles. The van der Waals surface area contributed by atoms with Crippen molar-refractivity contribution in [2.75, 3.05) is 0 Å². The Bertz CT molecular complexity index is 1030. The number of imidazole rings is 1. The number of benzene rings is 2. The molecule has 0 spiro atoms. The summed E-state index contributed by atoms with van der Waals surface area (Å²) in [6, 6.07) is 6.94. The molecule has 1 heterocycles. The van der Waals surface area contributed by atoms with Gasteiger partial charge in [0, 0.05) is 16.6 Å². The molecule has 0 atom stereocenters. The highest BCUT2D eigenvalue weighted by Gasteiger charge is 2.25. The summed E-state index contributed by atoms with van der Waals surface area (Å²) in [5.74, 6) is 0.576. The first kappa shape index (κ1) is 17.8. The maximum atomic E-state index is 11.4. The van der Waals surface area contributed by atoms with Crippen LogP contribution in [0.3, 0.4) is 0 Å². The zero-order chi connectivity index (χ0) is 18.3. The van der Waals surface area contributed by atoms with Crippen LogP contribution >= 0.6 is 39.1 Å². The van der Waals surface area contributed by atoms with Crippen LogP contribution in [0, 0.1) is 17.0 Å². The third-order valence-corrected chi connectivity index (χ3v) is 5.31. The number of nitro benzene ring substituents is 1. The second kappa shape index (κ2) is 6.74. The number of aldehydes is 1. The van der Waals surface area contributed by atoms with Crippen LogP contribution in [0.25, 0.3) is 11.0 Å². The lowest BCUT2D eigenvalue weighted by Gasteiger charge is -2.09. The fourth-order valence-corrected chi connectivity index (χ4v) is 3.38. The van der Waals surface area contributed by atoms with Crippen molar-refractivity contribution in [1.29, 1.82) is 0 Å². The van der Waals surface area contributed by atoms with Crippen molar-refractivity contribution in [2.45, 2.75) is 13.5 Å². The van der Waals surface area contributed by atoms with Crippen molar-refractivity contribution in [3.8, 4) is 0 Å². The molecule has 6 nitrogen and oxygen atoms in total. The second-order valence-electron chi connectivity index (χ2n) is 5.36. The minimum absolute atomic E-state index is 0.0893. The first-order valence-corrected chi connectivity index (χ1v) is 8.61. The lowest BCUT2D eigenvalue weighted by Crippen LogP contribution is -2.03. The molecular formula is C16H10BrCl2N3O3. The SMILES string of the molecule is Cc1nc2c([N+](=O)[O-])c(Cl)c(Cl)cc2n1Cc1ccc(Br)c(C=O)c1. The van der Waals surface area contributed by atoms with Crippen LogP contribution in [0.1, 0.15) is 21.7 Å². The highest BCUT2D eigenvalue weighted by molar-refractivity contribution is 9.10. The summed E-state index contributed by atoms with van der Waals surface area (Å²) in [6.07, 6.45) is 0.758. The number of nitro groups is 1. The Morgan fingerprint density at radius 2 is 2.08 bits per heavy atom. The molecule has 0 unspecified atom stereocenters. The quantitative estimate of drug-likeness (QED) is 0.316. The summed E-state index contributed by atoms with van der Waals surface area (Å²) in [7, 11) is 0. The largest absolute Gasteiger partial charge is 0.323 e. The Hall–Kier alpha value is -1.96. The molecule has 0 amide bonds. The first-order valence-electron chi connectivity index (χ1n) is 7.06. The fourth-order valence-electron chi connectivity index (χ4n) is 2.63. The molecule has 3 rings (SSSR count). The van der Waals surface area contributed by atoms with Gasteiger partial charge in [-0.2, -0.15) is 0 Å². The fraction of sp³-hybridized carbons (Fsp3) is 0.125. The normalized spacial score (nSPS) is 11.0. The number of hydrogen-bond donors (Lipinski definition) is 0. The van der Waals surface area contributed by atoms with Gasteiger partial charge >= 0.3 is 5.69 Å². The molecule has 0 saturated heterocycles. The molecule has 25 heavy (non-hydrogen) atoms. The van der Waals surface area contributed by atoms with E-state index in [4.69, 9.17) is 23.2 Å². The van der Waals surface area contributed by atoms with Gasteiger partial charge in [0.25, 0.3) is 0 Å². The van der Waals surface area contributed by atoms with E-state index in [9.17, 15) is 14.9 Å². The van der Waals surface area contributed by atoms with Crippen LogP contribution in [0.4, 0.5) is 5.69 Å². The van der Waals surface area contributed by atoms with Crippen molar-refractivity contribution < 1.29 is 9.72 Å².